The molecular weight excluding hydrogens is 254 g/mol. The summed E-state index contributed by atoms with van der Waals surface area (Å²) in [5.74, 6) is -0.281. The van der Waals surface area contributed by atoms with Gasteiger partial charge in [-0.15, -0.1) is 11.3 Å². The lowest BCUT2D eigenvalue weighted by Gasteiger charge is -2.05. The topological polar surface area (TPSA) is 39.2 Å². The van der Waals surface area contributed by atoms with Gasteiger partial charge in [0, 0.05) is 10.9 Å². The third kappa shape index (κ3) is 2.73. The third-order valence-electron chi connectivity index (χ3n) is 2.09. The first-order valence-electron chi connectivity index (χ1n) is 5.29. The highest BCUT2D eigenvalue weighted by Crippen LogP contribution is 2.29. The van der Waals surface area contributed by atoms with Gasteiger partial charge in [0.1, 0.15) is 9.88 Å². The monoisotopic (exact) mass is 267 g/mol. The Kier molecular flexibility index (Phi) is 3.59. The fraction of sp³-hybridized carbons (Fsp3) is 0.333. The molecule has 0 fully saturated rings. The molecule has 0 saturated heterocycles. The molecule has 0 saturated carbocycles. The second-order valence-corrected chi connectivity index (χ2v) is 5.68. The van der Waals surface area contributed by atoms with Crippen LogP contribution < -0.4 is 0 Å². The molecule has 0 atom stereocenters. The molecule has 3 nitrogen and oxygen atoms in total. The number of ether oxygens (including phenoxy) is 1. The molecule has 17 heavy (non-hydrogen) atoms. The van der Waals surface area contributed by atoms with Gasteiger partial charge >= 0.3 is 5.97 Å². The van der Waals surface area contributed by atoms with Crippen LogP contribution in [0.2, 0.25) is 0 Å². The summed E-state index contributed by atoms with van der Waals surface area (Å²) in [6, 6.07) is 2.00. The standard InChI is InChI=1S/C12H13NO2S2/c1-7(2)15-12(14)10-8(3)13-11(17-10)9-4-5-16-6-9/h4-7H,1-3H3. The van der Waals surface area contributed by atoms with E-state index in [1.165, 1.54) is 11.3 Å². The summed E-state index contributed by atoms with van der Waals surface area (Å²) in [6.45, 7) is 5.52. The maximum atomic E-state index is 11.8. The molecule has 0 unspecified atom stereocenters. The molecule has 5 heteroatoms. The van der Waals surface area contributed by atoms with E-state index in [9.17, 15) is 4.79 Å². The number of aryl methyl sites for hydroxylation is 1. The van der Waals surface area contributed by atoms with Crippen LogP contribution in [-0.2, 0) is 4.74 Å². The first-order chi connectivity index (χ1) is 8.08. The van der Waals surface area contributed by atoms with Gasteiger partial charge in [-0.3, -0.25) is 0 Å². The molecule has 0 amide bonds. The smallest absolute Gasteiger partial charge is 0.350 e. The van der Waals surface area contributed by atoms with Gasteiger partial charge < -0.3 is 4.74 Å². The molecule has 2 rings (SSSR count). The third-order valence-corrected chi connectivity index (χ3v) is 3.96. The van der Waals surface area contributed by atoms with Crippen LogP contribution >= 0.6 is 22.7 Å². The maximum absolute atomic E-state index is 11.8. The highest BCUT2D eigenvalue weighted by molar-refractivity contribution is 7.17. The molecule has 0 aromatic carbocycles. The van der Waals surface area contributed by atoms with Crippen molar-refractivity contribution in [3.05, 3.63) is 27.4 Å². The number of thiophene rings is 1. The van der Waals surface area contributed by atoms with Crippen molar-refractivity contribution in [2.24, 2.45) is 0 Å². The molecular formula is C12H13NO2S2. The van der Waals surface area contributed by atoms with E-state index >= 15 is 0 Å². The number of carbonyl (C=O) groups excluding carboxylic acids is 1. The Balaban J connectivity index is 2.28. The van der Waals surface area contributed by atoms with Crippen LogP contribution in [0.4, 0.5) is 0 Å². The Hall–Kier alpha value is -1.20. The average molecular weight is 267 g/mol. The van der Waals surface area contributed by atoms with Gasteiger partial charge in [0.25, 0.3) is 0 Å². The molecule has 2 aromatic rings. The molecule has 90 valence electrons. The maximum Gasteiger partial charge on any atom is 0.350 e. The lowest BCUT2D eigenvalue weighted by molar-refractivity contribution is 0.0382. The fourth-order valence-corrected chi connectivity index (χ4v) is 3.02. The Morgan fingerprint density at radius 3 is 2.82 bits per heavy atom. The molecule has 0 aliphatic rings. The van der Waals surface area contributed by atoms with E-state index in [1.54, 1.807) is 11.3 Å². The minimum absolute atomic E-state index is 0.103. The van der Waals surface area contributed by atoms with E-state index in [2.05, 4.69) is 4.98 Å². The molecule has 0 N–H and O–H groups in total. The van der Waals surface area contributed by atoms with Crippen LogP contribution in [0, 0.1) is 6.92 Å². The molecule has 0 spiro atoms. The highest BCUT2D eigenvalue weighted by atomic mass is 32.1. The molecule has 0 aliphatic heterocycles. The minimum Gasteiger partial charge on any atom is -0.459 e. The number of esters is 1. The zero-order valence-electron chi connectivity index (χ0n) is 9.89. The van der Waals surface area contributed by atoms with E-state index in [1.807, 2.05) is 37.6 Å². The number of carbonyl (C=O) groups is 1. The van der Waals surface area contributed by atoms with Crippen molar-refractivity contribution in [2.45, 2.75) is 26.9 Å². The van der Waals surface area contributed by atoms with Crippen molar-refractivity contribution >= 4 is 28.6 Å². The van der Waals surface area contributed by atoms with Crippen molar-refractivity contribution in [2.75, 3.05) is 0 Å². The Morgan fingerprint density at radius 1 is 1.47 bits per heavy atom. The molecule has 0 radical (unpaired) electrons. The van der Waals surface area contributed by atoms with E-state index in [-0.39, 0.29) is 12.1 Å². The van der Waals surface area contributed by atoms with Gasteiger partial charge in [0.2, 0.25) is 0 Å². The van der Waals surface area contributed by atoms with Gasteiger partial charge in [-0.05, 0) is 32.2 Å². The van der Waals surface area contributed by atoms with Crippen molar-refractivity contribution in [3.8, 4) is 10.6 Å². The van der Waals surface area contributed by atoms with E-state index < -0.39 is 0 Å². The lowest BCUT2D eigenvalue weighted by atomic mass is 10.3. The quantitative estimate of drug-likeness (QED) is 0.795. The van der Waals surface area contributed by atoms with Crippen LogP contribution in [0.15, 0.2) is 16.8 Å². The first kappa shape index (κ1) is 12.3. The van der Waals surface area contributed by atoms with Crippen LogP contribution in [0.1, 0.15) is 29.2 Å². The Morgan fingerprint density at radius 2 is 2.24 bits per heavy atom. The number of aromatic nitrogens is 1. The van der Waals surface area contributed by atoms with Crippen molar-refractivity contribution in [1.29, 1.82) is 0 Å². The minimum atomic E-state index is -0.281. The van der Waals surface area contributed by atoms with Crippen molar-refractivity contribution < 1.29 is 9.53 Å². The largest absolute Gasteiger partial charge is 0.459 e. The SMILES string of the molecule is Cc1nc(-c2ccsc2)sc1C(=O)OC(C)C. The van der Waals surface area contributed by atoms with Gasteiger partial charge in [0.05, 0.1) is 11.8 Å². The fourth-order valence-electron chi connectivity index (χ4n) is 1.36. The number of nitrogens with zero attached hydrogens (tertiary/aromatic N) is 1. The van der Waals surface area contributed by atoms with Crippen LogP contribution in [0.3, 0.4) is 0 Å². The lowest BCUT2D eigenvalue weighted by Crippen LogP contribution is -2.11. The predicted octanol–water partition coefficient (Wildman–Crippen LogP) is 3.75. The van der Waals surface area contributed by atoms with E-state index in [4.69, 9.17) is 4.74 Å². The summed E-state index contributed by atoms with van der Waals surface area (Å²) in [5, 5.41) is 4.90. The van der Waals surface area contributed by atoms with Gasteiger partial charge in [-0.2, -0.15) is 11.3 Å². The summed E-state index contributed by atoms with van der Waals surface area (Å²) in [4.78, 5) is 16.8. The van der Waals surface area contributed by atoms with E-state index in [0.717, 1.165) is 16.3 Å². The zero-order chi connectivity index (χ0) is 12.4. The predicted molar refractivity (Wildman–Crippen MR) is 70.7 cm³/mol. The first-order valence-corrected chi connectivity index (χ1v) is 7.05. The normalized spacial score (nSPS) is 10.8. The Labute approximate surface area is 108 Å². The second-order valence-electron chi connectivity index (χ2n) is 3.90. The summed E-state index contributed by atoms with van der Waals surface area (Å²) >= 11 is 3.01. The average Bonchev–Trinajstić information content (AvgIpc) is 2.84. The van der Waals surface area contributed by atoms with Gasteiger partial charge in [-0.1, -0.05) is 0 Å². The van der Waals surface area contributed by atoms with E-state index in [0.29, 0.717) is 4.88 Å². The summed E-state index contributed by atoms with van der Waals surface area (Å²) < 4.78 is 5.18. The highest BCUT2D eigenvalue weighted by Gasteiger charge is 2.18. The van der Waals surface area contributed by atoms with Crippen LogP contribution in [0.25, 0.3) is 10.6 Å². The van der Waals surface area contributed by atoms with Gasteiger partial charge in [0.15, 0.2) is 0 Å². The van der Waals surface area contributed by atoms with Crippen molar-refractivity contribution in [3.63, 3.8) is 0 Å². The molecule has 0 bridgehead atoms. The Bertz CT molecular complexity index is 515. The van der Waals surface area contributed by atoms with Crippen molar-refractivity contribution in [1.82, 2.24) is 4.98 Å². The number of hydrogen-bond donors (Lipinski definition) is 0. The number of rotatable bonds is 3. The summed E-state index contributed by atoms with van der Waals surface area (Å²) in [6.07, 6.45) is -0.103. The summed E-state index contributed by atoms with van der Waals surface area (Å²) in [5.41, 5.74) is 1.80. The second kappa shape index (κ2) is 4.98. The zero-order valence-corrected chi connectivity index (χ0v) is 11.5. The molecule has 0 aliphatic carbocycles. The number of thiazole rings is 1. The number of hydrogen-bond acceptors (Lipinski definition) is 5. The summed E-state index contributed by atoms with van der Waals surface area (Å²) in [7, 11) is 0. The van der Waals surface area contributed by atoms with Crippen LogP contribution in [-0.4, -0.2) is 17.1 Å². The van der Waals surface area contributed by atoms with Crippen LogP contribution in [0.5, 0.6) is 0 Å². The van der Waals surface area contributed by atoms with Gasteiger partial charge in [-0.25, -0.2) is 9.78 Å². The molecule has 2 heterocycles. The molecule has 2 aromatic heterocycles.